The van der Waals surface area contributed by atoms with Crippen molar-refractivity contribution in [3.63, 3.8) is 0 Å². The van der Waals surface area contributed by atoms with Crippen LogP contribution in [0.5, 0.6) is 0 Å². The van der Waals surface area contributed by atoms with Crippen molar-refractivity contribution in [2.24, 2.45) is 0 Å². The fraction of sp³-hybridized carbons (Fsp3) is 0.438. The van der Waals surface area contributed by atoms with Crippen LogP contribution in [0.1, 0.15) is 51.5 Å². The average molecular weight is 246 g/mol. The molecule has 0 unspecified atom stereocenters. The van der Waals surface area contributed by atoms with Gasteiger partial charge in [0.1, 0.15) is 5.76 Å². The highest BCUT2D eigenvalue weighted by molar-refractivity contribution is 5.76. The lowest BCUT2D eigenvalue weighted by Gasteiger charge is -2.07. The minimum absolute atomic E-state index is 0.265. The van der Waals surface area contributed by atoms with E-state index in [2.05, 4.69) is 6.92 Å². The Hall–Kier alpha value is -1.57. The summed E-state index contributed by atoms with van der Waals surface area (Å²) in [5.74, 6) is 0.415. The van der Waals surface area contributed by atoms with E-state index in [0.717, 1.165) is 18.4 Å². The van der Waals surface area contributed by atoms with Gasteiger partial charge in [-0.15, -0.1) is 0 Å². The number of allylic oxidation sites excluding steroid dienone is 1. The fourth-order valence-electron chi connectivity index (χ4n) is 1.78. The molecule has 2 nitrogen and oxygen atoms in total. The van der Waals surface area contributed by atoms with E-state index < -0.39 is 0 Å². The van der Waals surface area contributed by atoms with Gasteiger partial charge in [0.25, 0.3) is 0 Å². The summed E-state index contributed by atoms with van der Waals surface area (Å²) in [5.41, 5.74) is 0.961. The maximum absolute atomic E-state index is 11.1. The van der Waals surface area contributed by atoms with Crippen molar-refractivity contribution in [2.75, 3.05) is 0 Å². The lowest BCUT2D eigenvalue weighted by atomic mass is 10.1. The zero-order chi connectivity index (χ0) is 13.2. The first-order valence-electron chi connectivity index (χ1n) is 6.68. The summed E-state index contributed by atoms with van der Waals surface area (Å²) in [7, 11) is 0. The predicted octanol–water partition coefficient (Wildman–Crippen LogP) is 4.56. The van der Waals surface area contributed by atoms with Gasteiger partial charge in [-0.3, -0.25) is 4.79 Å². The smallest absolute Gasteiger partial charge is 0.308 e. The minimum atomic E-state index is -0.265. The predicted molar refractivity (Wildman–Crippen MR) is 74.9 cm³/mol. The summed E-state index contributed by atoms with van der Waals surface area (Å²) in [4.78, 5) is 11.1. The Morgan fingerprint density at radius 2 is 1.89 bits per heavy atom. The normalized spacial score (nSPS) is 11.3. The van der Waals surface area contributed by atoms with Crippen LogP contribution in [0.4, 0.5) is 0 Å². The Bertz CT molecular complexity index is 379. The van der Waals surface area contributed by atoms with Crippen molar-refractivity contribution in [3.05, 3.63) is 42.0 Å². The van der Waals surface area contributed by atoms with Gasteiger partial charge in [0.15, 0.2) is 0 Å². The van der Waals surface area contributed by atoms with Gasteiger partial charge in [0.2, 0.25) is 0 Å². The second-order valence-corrected chi connectivity index (χ2v) is 4.38. The molecule has 0 amide bonds. The van der Waals surface area contributed by atoms with Gasteiger partial charge < -0.3 is 4.74 Å². The maximum atomic E-state index is 11.1. The van der Waals surface area contributed by atoms with Crippen molar-refractivity contribution >= 4 is 11.7 Å². The topological polar surface area (TPSA) is 26.3 Å². The zero-order valence-electron chi connectivity index (χ0n) is 11.3. The highest BCUT2D eigenvalue weighted by Crippen LogP contribution is 2.17. The number of unbranched alkanes of at least 4 members (excludes halogenated alkanes) is 4. The molecule has 0 aliphatic rings. The molecule has 0 saturated heterocycles. The standard InChI is InChI=1S/C16H22O2/c1-3-4-5-6-10-13-16(18-14(2)17)15-11-8-7-9-12-15/h7-9,11-13H,3-6,10H2,1-2H3/b16-13-. The van der Waals surface area contributed by atoms with E-state index in [-0.39, 0.29) is 5.97 Å². The molecule has 18 heavy (non-hydrogen) atoms. The van der Waals surface area contributed by atoms with Crippen molar-refractivity contribution < 1.29 is 9.53 Å². The molecule has 0 aliphatic heterocycles. The molecular weight excluding hydrogens is 224 g/mol. The van der Waals surface area contributed by atoms with Crippen LogP contribution in [-0.4, -0.2) is 5.97 Å². The quantitative estimate of drug-likeness (QED) is 0.400. The molecule has 0 heterocycles. The summed E-state index contributed by atoms with van der Waals surface area (Å²) in [6.07, 6.45) is 7.85. The van der Waals surface area contributed by atoms with Crippen molar-refractivity contribution in [2.45, 2.75) is 46.0 Å². The lowest BCUT2D eigenvalue weighted by molar-refractivity contribution is -0.134. The Balaban J connectivity index is 2.61. The van der Waals surface area contributed by atoms with Crippen LogP contribution in [0.2, 0.25) is 0 Å². The molecule has 1 aromatic rings. The SMILES string of the molecule is CCCCCC/C=C(\OC(C)=O)c1ccccc1. The van der Waals surface area contributed by atoms with E-state index in [0.29, 0.717) is 5.76 Å². The molecule has 98 valence electrons. The first kappa shape index (κ1) is 14.5. The summed E-state index contributed by atoms with van der Waals surface area (Å²) in [6.45, 7) is 3.64. The molecule has 2 heteroatoms. The van der Waals surface area contributed by atoms with Crippen LogP contribution >= 0.6 is 0 Å². The summed E-state index contributed by atoms with van der Waals surface area (Å²) >= 11 is 0. The van der Waals surface area contributed by atoms with Crippen LogP contribution in [0, 0.1) is 0 Å². The fourth-order valence-corrected chi connectivity index (χ4v) is 1.78. The number of esters is 1. The Kier molecular flexibility index (Phi) is 6.85. The molecule has 0 aromatic heterocycles. The van der Waals surface area contributed by atoms with E-state index in [4.69, 9.17) is 4.74 Å². The Morgan fingerprint density at radius 1 is 1.17 bits per heavy atom. The van der Waals surface area contributed by atoms with Gasteiger partial charge in [0.05, 0.1) is 0 Å². The molecule has 0 aliphatic carbocycles. The van der Waals surface area contributed by atoms with E-state index >= 15 is 0 Å². The molecule has 0 bridgehead atoms. The number of benzene rings is 1. The van der Waals surface area contributed by atoms with E-state index in [1.807, 2.05) is 36.4 Å². The summed E-state index contributed by atoms with van der Waals surface area (Å²) < 4.78 is 5.27. The maximum Gasteiger partial charge on any atom is 0.308 e. The first-order valence-corrected chi connectivity index (χ1v) is 6.68. The number of ether oxygens (including phenoxy) is 1. The first-order chi connectivity index (χ1) is 8.74. The Morgan fingerprint density at radius 3 is 2.50 bits per heavy atom. The largest absolute Gasteiger partial charge is 0.426 e. The van der Waals surface area contributed by atoms with Gasteiger partial charge >= 0.3 is 5.97 Å². The third-order valence-electron chi connectivity index (χ3n) is 2.70. The third-order valence-corrected chi connectivity index (χ3v) is 2.70. The van der Waals surface area contributed by atoms with Gasteiger partial charge in [-0.05, 0) is 18.9 Å². The number of hydrogen-bond donors (Lipinski definition) is 0. The van der Waals surface area contributed by atoms with Gasteiger partial charge in [0, 0.05) is 12.5 Å². The summed E-state index contributed by atoms with van der Waals surface area (Å²) in [6, 6.07) is 9.77. The molecule has 0 fully saturated rings. The Labute approximate surface area is 110 Å². The van der Waals surface area contributed by atoms with E-state index in [1.54, 1.807) is 0 Å². The average Bonchev–Trinajstić information content (AvgIpc) is 2.38. The van der Waals surface area contributed by atoms with E-state index in [9.17, 15) is 4.79 Å². The van der Waals surface area contributed by atoms with E-state index in [1.165, 1.54) is 26.2 Å². The molecule has 0 spiro atoms. The highest BCUT2D eigenvalue weighted by atomic mass is 16.5. The van der Waals surface area contributed by atoms with Gasteiger partial charge in [-0.1, -0.05) is 56.5 Å². The molecule has 0 N–H and O–H groups in total. The number of carbonyl (C=O) groups excluding carboxylic acids is 1. The number of carbonyl (C=O) groups is 1. The van der Waals surface area contributed by atoms with Crippen molar-refractivity contribution in [1.29, 1.82) is 0 Å². The second-order valence-electron chi connectivity index (χ2n) is 4.38. The van der Waals surface area contributed by atoms with Crippen LogP contribution in [0.3, 0.4) is 0 Å². The van der Waals surface area contributed by atoms with Crippen LogP contribution in [-0.2, 0) is 9.53 Å². The van der Waals surface area contributed by atoms with Crippen LogP contribution < -0.4 is 0 Å². The van der Waals surface area contributed by atoms with Crippen LogP contribution in [0.25, 0.3) is 5.76 Å². The molecule has 1 aromatic carbocycles. The minimum Gasteiger partial charge on any atom is -0.426 e. The summed E-state index contributed by atoms with van der Waals surface area (Å²) in [5, 5.41) is 0. The molecule has 0 radical (unpaired) electrons. The number of hydrogen-bond acceptors (Lipinski definition) is 2. The van der Waals surface area contributed by atoms with Gasteiger partial charge in [-0.25, -0.2) is 0 Å². The monoisotopic (exact) mass is 246 g/mol. The number of rotatable bonds is 7. The van der Waals surface area contributed by atoms with Crippen molar-refractivity contribution in [1.82, 2.24) is 0 Å². The zero-order valence-corrected chi connectivity index (χ0v) is 11.3. The van der Waals surface area contributed by atoms with Gasteiger partial charge in [-0.2, -0.15) is 0 Å². The van der Waals surface area contributed by atoms with Crippen molar-refractivity contribution in [3.8, 4) is 0 Å². The molecule has 0 saturated carbocycles. The third kappa shape index (κ3) is 5.67. The molecule has 0 atom stereocenters. The second kappa shape index (κ2) is 8.51. The molecule has 1 rings (SSSR count). The lowest BCUT2D eigenvalue weighted by Crippen LogP contribution is -1.98. The van der Waals surface area contributed by atoms with Crippen LogP contribution in [0.15, 0.2) is 36.4 Å². The highest BCUT2D eigenvalue weighted by Gasteiger charge is 2.04. The molecular formula is C16H22O2.